The van der Waals surface area contributed by atoms with Crippen LogP contribution in [0.2, 0.25) is 0 Å². The van der Waals surface area contributed by atoms with E-state index in [1.807, 2.05) is 12.1 Å². The highest BCUT2D eigenvalue weighted by molar-refractivity contribution is 9.10. The summed E-state index contributed by atoms with van der Waals surface area (Å²) in [5.74, 6) is 1.38. The van der Waals surface area contributed by atoms with Crippen molar-refractivity contribution < 1.29 is 9.47 Å². The Balaban J connectivity index is 0.00000289. The molecule has 6 heteroatoms. The highest BCUT2D eigenvalue weighted by Crippen LogP contribution is 2.36. The lowest BCUT2D eigenvalue weighted by Crippen LogP contribution is -2.13. The minimum atomic E-state index is -0.0484. The van der Waals surface area contributed by atoms with E-state index in [4.69, 9.17) is 20.9 Å². The number of hydrogen-bond acceptors (Lipinski definition) is 4. The Labute approximate surface area is 123 Å². The van der Waals surface area contributed by atoms with Crippen LogP contribution in [0.5, 0.6) is 11.5 Å². The molecule has 0 bridgehead atoms. The van der Waals surface area contributed by atoms with Crippen LogP contribution in [0.3, 0.4) is 0 Å². The van der Waals surface area contributed by atoms with Crippen molar-refractivity contribution >= 4 is 28.3 Å². The second-order valence-corrected chi connectivity index (χ2v) is 4.62. The molecule has 0 aliphatic heterocycles. The lowest BCUT2D eigenvalue weighted by molar-refractivity contribution is 0.353. The predicted molar refractivity (Wildman–Crippen MR) is 79.7 cm³/mol. The summed E-state index contributed by atoms with van der Waals surface area (Å²) in [7, 11) is 3.22. The zero-order chi connectivity index (χ0) is 12.8. The average molecular weight is 340 g/mol. The van der Waals surface area contributed by atoms with Gasteiger partial charge < -0.3 is 20.9 Å². The van der Waals surface area contributed by atoms with Gasteiger partial charge in [-0.25, -0.2) is 0 Å². The summed E-state index contributed by atoms with van der Waals surface area (Å²) >= 11 is 3.50. The van der Waals surface area contributed by atoms with Crippen LogP contribution in [0.25, 0.3) is 0 Å². The normalized spacial score (nSPS) is 11.6. The molecule has 0 aliphatic rings. The third kappa shape index (κ3) is 4.31. The summed E-state index contributed by atoms with van der Waals surface area (Å²) in [6, 6.07) is 3.73. The van der Waals surface area contributed by atoms with Crippen LogP contribution in [-0.2, 0) is 0 Å². The van der Waals surface area contributed by atoms with Gasteiger partial charge >= 0.3 is 0 Å². The monoisotopic (exact) mass is 338 g/mol. The standard InChI is InChI=1S/C12H19BrN2O2.ClH/c1-16-11-6-8(10(15)4-3-5-14)9(13)7-12(11)17-2;/h6-7,10H,3-5,14-15H2,1-2H3;1H/t10-;/m1./s1. The van der Waals surface area contributed by atoms with Crippen LogP contribution in [0.15, 0.2) is 16.6 Å². The highest BCUT2D eigenvalue weighted by atomic mass is 79.9. The summed E-state index contributed by atoms with van der Waals surface area (Å²) in [5.41, 5.74) is 12.6. The molecule has 0 heterocycles. The van der Waals surface area contributed by atoms with Crippen molar-refractivity contribution in [1.82, 2.24) is 0 Å². The van der Waals surface area contributed by atoms with E-state index >= 15 is 0 Å². The van der Waals surface area contributed by atoms with Crippen LogP contribution in [0, 0.1) is 0 Å². The van der Waals surface area contributed by atoms with Gasteiger partial charge in [0.1, 0.15) is 0 Å². The molecule has 0 unspecified atom stereocenters. The Morgan fingerprint density at radius 3 is 2.28 bits per heavy atom. The van der Waals surface area contributed by atoms with Gasteiger partial charge in [0, 0.05) is 10.5 Å². The maximum Gasteiger partial charge on any atom is 0.161 e. The molecule has 0 amide bonds. The third-order valence-electron chi connectivity index (χ3n) is 2.62. The van der Waals surface area contributed by atoms with Gasteiger partial charge in [0.15, 0.2) is 11.5 Å². The molecular weight excluding hydrogens is 320 g/mol. The molecule has 1 aromatic rings. The fourth-order valence-electron chi connectivity index (χ4n) is 1.65. The molecule has 1 atom stereocenters. The summed E-state index contributed by atoms with van der Waals surface area (Å²) in [4.78, 5) is 0. The number of methoxy groups -OCH3 is 2. The third-order valence-corrected chi connectivity index (χ3v) is 3.31. The summed E-state index contributed by atoms with van der Waals surface area (Å²) in [6.45, 7) is 0.651. The lowest BCUT2D eigenvalue weighted by atomic mass is 10.0. The number of ether oxygens (including phenoxy) is 2. The number of hydrogen-bond donors (Lipinski definition) is 2. The van der Waals surface area contributed by atoms with Gasteiger partial charge in [0.05, 0.1) is 14.2 Å². The molecule has 1 rings (SSSR count). The van der Waals surface area contributed by atoms with Crippen molar-refractivity contribution in [2.75, 3.05) is 20.8 Å². The van der Waals surface area contributed by atoms with Crippen LogP contribution in [0.4, 0.5) is 0 Å². The van der Waals surface area contributed by atoms with Gasteiger partial charge in [-0.3, -0.25) is 0 Å². The molecule has 4 nitrogen and oxygen atoms in total. The Bertz CT molecular complexity index is 377. The smallest absolute Gasteiger partial charge is 0.161 e. The fraction of sp³-hybridized carbons (Fsp3) is 0.500. The van der Waals surface area contributed by atoms with Gasteiger partial charge in [-0.1, -0.05) is 15.9 Å². The van der Waals surface area contributed by atoms with E-state index in [9.17, 15) is 0 Å². The zero-order valence-electron chi connectivity index (χ0n) is 10.6. The Kier molecular flexibility index (Phi) is 8.35. The van der Waals surface area contributed by atoms with Crippen molar-refractivity contribution in [2.45, 2.75) is 18.9 Å². The number of rotatable bonds is 6. The zero-order valence-corrected chi connectivity index (χ0v) is 13.0. The van der Waals surface area contributed by atoms with Gasteiger partial charge in [0.2, 0.25) is 0 Å². The van der Waals surface area contributed by atoms with Gasteiger partial charge in [0.25, 0.3) is 0 Å². The summed E-state index contributed by atoms with van der Waals surface area (Å²) in [5, 5.41) is 0. The number of nitrogens with two attached hydrogens (primary N) is 2. The van der Waals surface area contributed by atoms with E-state index in [0.717, 1.165) is 22.9 Å². The van der Waals surface area contributed by atoms with Crippen molar-refractivity contribution in [1.29, 1.82) is 0 Å². The lowest BCUT2D eigenvalue weighted by Gasteiger charge is -2.16. The van der Waals surface area contributed by atoms with Crippen LogP contribution in [0.1, 0.15) is 24.4 Å². The first kappa shape index (κ1) is 17.5. The number of halogens is 2. The molecule has 0 aromatic heterocycles. The molecule has 0 aliphatic carbocycles. The summed E-state index contributed by atoms with van der Waals surface area (Å²) in [6.07, 6.45) is 1.76. The molecule has 18 heavy (non-hydrogen) atoms. The van der Waals surface area contributed by atoms with E-state index in [1.54, 1.807) is 14.2 Å². The van der Waals surface area contributed by atoms with Gasteiger partial charge in [-0.05, 0) is 37.1 Å². The molecule has 0 fully saturated rings. The molecule has 0 saturated carbocycles. The van der Waals surface area contributed by atoms with E-state index in [0.29, 0.717) is 18.0 Å². The number of benzene rings is 1. The van der Waals surface area contributed by atoms with Gasteiger partial charge in [-0.2, -0.15) is 0 Å². The van der Waals surface area contributed by atoms with Crippen LogP contribution in [-0.4, -0.2) is 20.8 Å². The first-order chi connectivity index (χ1) is 8.13. The Hall–Kier alpha value is -0.490. The quantitative estimate of drug-likeness (QED) is 0.836. The minimum Gasteiger partial charge on any atom is -0.493 e. The van der Waals surface area contributed by atoms with E-state index in [-0.39, 0.29) is 18.4 Å². The van der Waals surface area contributed by atoms with Crippen LogP contribution >= 0.6 is 28.3 Å². The maximum absolute atomic E-state index is 6.12. The average Bonchev–Trinajstić information content (AvgIpc) is 2.35. The predicted octanol–water partition coefficient (Wildman–Crippen LogP) is 2.63. The second-order valence-electron chi connectivity index (χ2n) is 3.77. The SMILES string of the molecule is COc1cc(Br)c([C@H](N)CCCN)cc1OC.Cl. The molecule has 0 spiro atoms. The summed E-state index contributed by atoms with van der Waals surface area (Å²) < 4.78 is 11.4. The molecule has 1 aromatic carbocycles. The Morgan fingerprint density at radius 1 is 1.22 bits per heavy atom. The Morgan fingerprint density at radius 2 is 1.78 bits per heavy atom. The fourth-order valence-corrected chi connectivity index (χ4v) is 2.26. The van der Waals surface area contributed by atoms with E-state index in [2.05, 4.69) is 15.9 Å². The van der Waals surface area contributed by atoms with E-state index < -0.39 is 0 Å². The van der Waals surface area contributed by atoms with Crippen molar-refractivity contribution in [2.24, 2.45) is 11.5 Å². The van der Waals surface area contributed by atoms with Crippen molar-refractivity contribution in [3.8, 4) is 11.5 Å². The molecular formula is C12H20BrClN2O2. The molecule has 4 N–H and O–H groups in total. The minimum absolute atomic E-state index is 0. The first-order valence-electron chi connectivity index (χ1n) is 5.51. The molecule has 104 valence electrons. The topological polar surface area (TPSA) is 70.5 Å². The first-order valence-corrected chi connectivity index (χ1v) is 6.30. The molecule has 0 radical (unpaired) electrons. The van der Waals surface area contributed by atoms with Crippen molar-refractivity contribution in [3.63, 3.8) is 0 Å². The van der Waals surface area contributed by atoms with Crippen molar-refractivity contribution in [3.05, 3.63) is 22.2 Å². The van der Waals surface area contributed by atoms with Gasteiger partial charge in [-0.15, -0.1) is 12.4 Å². The maximum atomic E-state index is 6.12. The second kappa shape index (κ2) is 8.58. The largest absolute Gasteiger partial charge is 0.493 e. The van der Waals surface area contributed by atoms with Crippen LogP contribution < -0.4 is 20.9 Å². The highest BCUT2D eigenvalue weighted by Gasteiger charge is 2.14. The molecule has 0 saturated heterocycles. The van der Waals surface area contributed by atoms with E-state index in [1.165, 1.54) is 0 Å².